The average Bonchev–Trinajstić information content (AvgIpc) is 3.27. The summed E-state index contributed by atoms with van der Waals surface area (Å²) in [6.07, 6.45) is -4.78. The molecular weight excluding hydrogens is 471 g/mol. The van der Waals surface area contributed by atoms with E-state index >= 15 is 0 Å². The van der Waals surface area contributed by atoms with Gasteiger partial charge in [0.15, 0.2) is 0 Å². The first-order chi connectivity index (χ1) is 14.9. The maximum absolute atomic E-state index is 13.2. The molecule has 0 radical (unpaired) electrons. The van der Waals surface area contributed by atoms with Crippen LogP contribution in [0.3, 0.4) is 0 Å². The van der Waals surface area contributed by atoms with Gasteiger partial charge in [-0.15, -0.1) is 0 Å². The van der Waals surface area contributed by atoms with E-state index in [2.05, 4.69) is 6.58 Å². The Morgan fingerprint density at radius 1 is 1.19 bits per heavy atom. The van der Waals surface area contributed by atoms with Crippen molar-refractivity contribution < 1.29 is 36.2 Å². The predicted molar refractivity (Wildman–Crippen MR) is 110 cm³/mol. The fraction of sp³-hybridized carbons (Fsp3) is 0.190. The number of ether oxygens (including phenoxy) is 1. The van der Waals surface area contributed by atoms with Crippen LogP contribution in [-0.4, -0.2) is 30.1 Å². The minimum Gasteiger partial charge on any atom is -0.462 e. The number of cyclic esters (lactones) is 1. The van der Waals surface area contributed by atoms with Crippen molar-refractivity contribution >= 4 is 38.5 Å². The number of aromatic nitrogens is 1. The van der Waals surface area contributed by atoms with Crippen molar-refractivity contribution in [3.8, 4) is 0 Å². The van der Waals surface area contributed by atoms with E-state index in [-0.39, 0.29) is 33.2 Å². The molecule has 1 aromatic heterocycles. The van der Waals surface area contributed by atoms with Gasteiger partial charge in [-0.2, -0.15) is 13.2 Å². The highest BCUT2D eigenvalue weighted by Gasteiger charge is 2.37. The van der Waals surface area contributed by atoms with Gasteiger partial charge in [0.2, 0.25) is 0 Å². The number of hydrogen-bond donors (Lipinski definition) is 1. The number of nitrogens with zero attached hydrogens (tertiary/aromatic N) is 1. The summed E-state index contributed by atoms with van der Waals surface area (Å²) in [4.78, 5) is 11.3. The van der Waals surface area contributed by atoms with Crippen molar-refractivity contribution in [2.24, 2.45) is 5.92 Å². The normalized spacial score (nSPS) is 18.2. The molecule has 2 heterocycles. The van der Waals surface area contributed by atoms with Gasteiger partial charge in [0, 0.05) is 27.7 Å². The Morgan fingerprint density at radius 2 is 1.84 bits per heavy atom. The van der Waals surface area contributed by atoms with E-state index < -0.39 is 39.8 Å². The van der Waals surface area contributed by atoms with Gasteiger partial charge in [0.05, 0.1) is 28.0 Å². The molecule has 2 unspecified atom stereocenters. The zero-order chi connectivity index (χ0) is 23.4. The number of benzene rings is 2. The molecule has 32 heavy (non-hydrogen) atoms. The summed E-state index contributed by atoms with van der Waals surface area (Å²) in [6.45, 7) is 3.49. The summed E-state index contributed by atoms with van der Waals surface area (Å²) in [6, 6.07) is 7.39. The van der Waals surface area contributed by atoms with E-state index in [1.807, 2.05) is 0 Å². The average molecular weight is 486 g/mol. The summed E-state index contributed by atoms with van der Waals surface area (Å²) in [5.74, 6) is -1.46. The highest BCUT2D eigenvalue weighted by molar-refractivity contribution is 7.90. The van der Waals surface area contributed by atoms with Crippen LogP contribution in [0, 0.1) is 5.92 Å². The highest BCUT2D eigenvalue weighted by atomic mass is 35.5. The Bertz CT molecular complexity index is 1350. The number of esters is 1. The molecule has 2 aromatic carbocycles. The Hall–Kier alpha value is -2.82. The van der Waals surface area contributed by atoms with Crippen LogP contribution in [0.2, 0.25) is 5.02 Å². The predicted octanol–water partition coefficient (Wildman–Crippen LogP) is 4.31. The number of aliphatic hydroxyl groups excluding tert-OH is 1. The largest absolute Gasteiger partial charge is 0.462 e. The Labute approximate surface area is 185 Å². The summed E-state index contributed by atoms with van der Waals surface area (Å²) in [7, 11) is -4.33. The summed E-state index contributed by atoms with van der Waals surface area (Å²) >= 11 is 6.06. The van der Waals surface area contributed by atoms with Crippen molar-refractivity contribution in [1.29, 1.82) is 0 Å². The van der Waals surface area contributed by atoms with Crippen LogP contribution < -0.4 is 0 Å². The van der Waals surface area contributed by atoms with Gasteiger partial charge >= 0.3 is 12.1 Å². The smallest absolute Gasteiger partial charge is 0.416 e. The zero-order valence-electron chi connectivity index (χ0n) is 16.1. The number of carbonyl (C=O) groups is 1. The van der Waals surface area contributed by atoms with Crippen molar-refractivity contribution in [2.45, 2.75) is 17.2 Å². The molecule has 0 amide bonds. The van der Waals surface area contributed by atoms with Gasteiger partial charge in [-0.25, -0.2) is 17.2 Å². The highest BCUT2D eigenvalue weighted by Crippen LogP contribution is 2.39. The van der Waals surface area contributed by atoms with Gasteiger partial charge in [0.1, 0.15) is 6.61 Å². The molecule has 0 aliphatic carbocycles. The first-order valence-corrected chi connectivity index (χ1v) is 11.0. The van der Waals surface area contributed by atoms with E-state index in [0.717, 1.165) is 22.3 Å². The third-order valence-corrected chi connectivity index (χ3v) is 7.23. The minimum atomic E-state index is -4.61. The van der Waals surface area contributed by atoms with E-state index in [4.69, 9.17) is 16.3 Å². The monoisotopic (exact) mass is 485 g/mol. The number of alkyl halides is 3. The maximum Gasteiger partial charge on any atom is 0.416 e. The molecule has 0 saturated carbocycles. The number of carbonyl (C=O) groups excluding carboxylic acids is 1. The first kappa shape index (κ1) is 22.4. The molecule has 1 aliphatic heterocycles. The van der Waals surface area contributed by atoms with Gasteiger partial charge in [0.25, 0.3) is 10.0 Å². The van der Waals surface area contributed by atoms with Crippen LogP contribution >= 0.6 is 11.6 Å². The summed E-state index contributed by atoms with van der Waals surface area (Å²) < 4.78 is 70.8. The summed E-state index contributed by atoms with van der Waals surface area (Å²) in [5, 5.41) is 11.5. The van der Waals surface area contributed by atoms with Crippen LogP contribution in [0.1, 0.15) is 17.2 Å². The standard InChI is InChI=1S/C21H15ClF3NO5S/c1-11-17(10-31-20(11)28)19(27)16-9-26(18-7-4-13(22)8-15(16)18)32(29,30)14-5-2-12(3-6-14)21(23,24)25/h2-9,17,19,27H,1,10H2. The lowest BCUT2D eigenvalue weighted by molar-refractivity contribution is -0.137. The molecule has 1 saturated heterocycles. The lowest BCUT2D eigenvalue weighted by Crippen LogP contribution is -2.15. The number of rotatable bonds is 4. The van der Waals surface area contributed by atoms with E-state index in [0.29, 0.717) is 17.5 Å². The number of fused-ring (bicyclic) bond motifs is 1. The maximum atomic E-state index is 13.2. The van der Waals surface area contributed by atoms with Crippen LogP contribution in [0.4, 0.5) is 13.2 Å². The molecule has 11 heteroatoms. The number of halogens is 4. The third-order valence-electron chi connectivity index (χ3n) is 5.31. The summed E-state index contributed by atoms with van der Waals surface area (Å²) in [5.41, 5.74) is -0.631. The van der Waals surface area contributed by atoms with Crippen molar-refractivity contribution in [3.05, 3.63) is 77.0 Å². The minimum absolute atomic E-state index is 0.0472. The molecular formula is C21H15ClF3NO5S. The second kappa shape index (κ2) is 7.65. The first-order valence-electron chi connectivity index (χ1n) is 9.18. The van der Waals surface area contributed by atoms with Crippen LogP contribution in [0.15, 0.2) is 65.7 Å². The van der Waals surface area contributed by atoms with E-state index in [1.54, 1.807) is 0 Å². The van der Waals surface area contributed by atoms with E-state index in [9.17, 15) is 31.5 Å². The van der Waals surface area contributed by atoms with Crippen LogP contribution in [0.5, 0.6) is 0 Å². The Kier molecular flexibility index (Phi) is 5.35. The van der Waals surface area contributed by atoms with Gasteiger partial charge < -0.3 is 9.84 Å². The fourth-order valence-corrected chi connectivity index (χ4v) is 5.12. The Morgan fingerprint density at radius 3 is 2.41 bits per heavy atom. The molecule has 1 fully saturated rings. The van der Waals surface area contributed by atoms with Crippen molar-refractivity contribution in [1.82, 2.24) is 3.97 Å². The number of aliphatic hydroxyl groups is 1. The molecule has 2 atom stereocenters. The van der Waals surface area contributed by atoms with Gasteiger partial charge in [-0.1, -0.05) is 18.2 Å². The second-order valence-corrected chi connectivity index (χ2v) is 9.50. The molecule has 4 rings (SSSR count). The quantitative estimate of drug-likeness (QED) is 0.439. The SMILES string of the molecule is C=C1C(=O)OCC1C(O)c1cn(S(=O)(=O)c2ccc(C(F)(F)F)cc2)c2ccc(Cl)cc12. The Balaban J connectivity index is 1.85. The topological polar surface area (TPSA) is 85.6 Å². The molecule has 1 aliphatic rings. The second-order valence-electron chi connectivity index (χ2n) is 7.24. The molecule has 0 bridgehead atoms. The lowest BCUT2D eigenvalue weighted by atomic mass is 9.92. The molecule has 3 aromatic rings. The van der Waals surface area contributed by atoms with Crippen molar-refractivity contribution in [3.63, 3.8) is 0 Å². The third kappa shape index (κ3) is 3.68. The molecule has 6 nitrogen and oxygen atoms in total. The zero-order valence-corrected chi connectivity index (χ0v) is 17.7. The number of hydrogen-bond acceptors (Lipinski definition) is 5. The van der Waals surface area contributed by atoms with E-state index in [1.165, 1.54) is 18.2 Å². The molecule has 0 spiro atoms. The molecule has 168 valence electrons. The lowest BCUT2D eigenvalue weighted by Gasteiger charge is -2.15. The van der Waals surface area contributed by atoms with Crippen molar-refractivity contribution in [2.75, 3.05) is 6.61 Å². The van der Waals surface area contributed by atoms with Crippen LogP contribution in [-0.2, 0) is 25.7 Å². The van der Waals surface area contributed by atoms with Gasteiger partial charge in [-0.3, -0.25) is 0 Å². The van der Waals surface area contributed by atoms with Crippen LogP contribution in [0.25, 0.3) is 10.9 Å². The molecule has 1 N–H and O–H groups in total. The van der Waals surface area contributed by atoms with Gasteiger partial charge in [-0.05, 0) is 42.5 Å². The fourth-order valence-electron chi connectivity index (χ4n) is 3.57.